The van der Waals surface area contributed by atoms with Gasteiger partial charge in [0.1, 0.15) is 5.69 Å². The highest BCUT2D eigenvalue weighted by molar-refractivity contribution is 5.93. The Hall–Kier alpha value is -1.90. The molecular weight excluding hydrogens is 252 g/mol. The van der Waals surface area contributed by atoms with E-state index < -0.39 is 12.5 Å². The van der Waals surface area contributed by atoms with E-state index in [9.17, 15) is 13.6 Å². The predicted octanol–water partition coefficient (Wildman–Crippen LogP) is 2.57. The molecule has 6 heteroatoms. The van der Waals surface area contributed by atoms with Gasteiger partial charge in [0, 0.05) is 18.8 Å². The Morgan fingerprint density at radius 1 is 1.53 bits per heavy atom. The molecule has 1 atom stereocenters. The molecule has 0 aliphatic carbocycles. The summed E-state index contributed by atoms with van der Waals surface area (Å²) >= 11 is 0. The number of carbonyl (C=O) groups excluding carboxylic acids is 1. The lowest BCUT2D eigenvalue weighted by Crippen LogP contribution is -2.40. The lowest BCUT2D eigenvalue weighted by atomic mass is 9.99. The van der Waals surface area contributed by atoms with Crippen LogP contribution in [0.5, 0.6) is 0 Å². The third-order valence-corrected chi connectivity index (χ3v) is 3.43. The van der Waals surface area contributed by atoms with Crippen molar-refractivity contribution in [3.63, 3.8) is 0 Å². The molecule has 1 amide bonds. The Bertz CT molecular complexity index is 518. The van der Waals surface area contributed by atoms with Crippen LogP contribution in [0.25, 0.3) is 0 Å². The molecule has 0 spiro atoms. The maximum Gasteiger partial charge on any atom is 0.319 e. The largest absolute Gasteiger partial charge is 0.336 e. The molecular formula is C13H15F2N3O. The zero-order valence-corrected chi connectivity index (χ0v) is 10.6. The van der Waals surface area contributed by atoms with Crippen molar-refractivity contribution in [3.8, 4) is 6.07 Å². The van der Waals surface area contributed by atoms with Gasteiger partial charge in [-0.2, -0.15) is 14.0 Å². The molecule has 4 nitrogen and oxygen atoms in total. The smallest absolute Gasteiger partial charge is 0.319 e. The zero-order chi connectivity index (χ0) is 14.0. The van der Waals surface area contributed by atoms with Gasteiger partial charge in [0.25, 0.3) is 5.91 Å². The Morgan fingerprint density at radius 2 is 2.26 bits per heavy atom. The van der Waals surface area contributed by atoms with Crippen LogP contribution in [0.3, 0.4) is 0 Å². The van der Waals surface area contributed by atoms with E-state index in [0.717, 1.165) is 17.4 Å². The molecule has 0 N–H and O–H groups in total. The van der Waals surface area contributed by atoms with Gasteiger partial charge in [-0.25, -0.2) is 0 Å². The molecule has 1 aromatic heterocycles. The molecule has 1 aromatic rings. The Balaban J connectivity index is 2.23. The van der Waals surface area contributed by atoms with E-state index in [-0.39, 0.29) is 11.6 Å². The van der Waals surface area contributed by atoms with E-state index >= 15 is 0 Å². The Labute approximate surface area is 110 Å². The number of halogens is 2. The number of piperidine rings is 1. The van der Waals surface area contributed by atoms with E-state index in [0.29, 0.717) is 18.8 Å². The van der Waals surface area contributed by atoms with Crippen molar-refractivity contribution in [1.82, 2.24) is 9.47 Å². The van der Waals surface area contributed by atoms with E-state index in [2.05, 4.69) is 6.07 Å². The van der Waals surface area contributed by atoms with Crippen LogP contribution < -0.4 is 0 Å². The third kappa shape index (κ3) is 2.60. The molecule has 19 heavy (non-hydrogen) atoms. The van der Waals surface area contributed by atoms with Crippen molar-refractivity contribution >= 4 is 5.91 Å². The van der Waals surface area contributed by atoms with Crippen molar-refractivity contribution in [2.45, 2.75) is 26.3 Å². The summed E-state index contributed by atoms with van der Waals surface area (Å²) in [5.41, 5.74) is 0.346. The maximum atomic E-state index is 12.9. The lowest BCUT2D eigenvalue weighted by molar-refractivity contribution is 0.0525. The van der Waals surface area contributed by atoms with Gasteiger partial charge in [0.2, 0.25) is 0 Å². The van der Waals surface area contributed by atoms with Gasteiger partial charge in [-0.05, 0) is 31.9 Å². The zero-order valence-electron chi connectivity index (χ0n) is 10.6. The van der Waals surface area contributed by atoms with E-state index in [4.69, 9.17) is 5.26 Å². The number of aromatic nitrogens is 1. The van der Waals surface area contributed by atoms with Gasteiger partial charge < -0.3 is 4.90 Å². The quantitative estimate of drug-likeness (QED) is 0.826. The molecule has 2 heterocycles. The number of nitrogens with zero attached hydrogens (tertiary/aromatic N) is 3. The minimum absolute atomic E-state index is 0.00825. The van der Waals surface area contributed by atoms with Gasteiger partial charge in [-0.1, -0.05) is 0 Å². The molecule has 0 aromatic carbocycles. The van der Waals surface area contributed by atoms with E-state index in [1.807, 2.05) is 0 Å². The monoisotopic (exact) mass is 267 g/mol. The highest BCUT2D eigenvalue weighted by Gasteiger charge is 2.27. The van der Waals surface area contributed by atoms with Crippen LogP contribution in [0.2, 0.25) is 0 Å². The molecule has 0 saturated carbocycles. The van der Waals surface area contributed by atoms with Crippen molar-refractivity contribution in [1.29, 1.82) is 5.26 Å². The number of amides is 1. The molecule has 1 aliphatic heterocycles. The molecule has 2 rings (SSSR count). The highest BCUT2D eigenvalue weighted by Crippen LogP contribution is 2.22. The van der Waals surface area contributed by atoms with E-state index in [1.54, 1.807) is 0 Å². The first kappa shape index (κ1) is 13.5. The first-order valence-corrected chi connectivity index (χ1v) is 6.19. The van der Waals surface area contributed by atoms with Gasteiger partial charge in [0.15, 0.2) is 0 Å². The Morgan fingerprint density at radius 3 is 2.89 bits per heavy atom. The number of hydrogen-bond acceptors (Lipinski definition) is 2. The summed E-state index contributed by atoms with van der Waals surface area (Å²) in [6.07, 6.45) is 1.49. The molecule has 102 valence electrons. The highest BCUT2D eigenvalue weighted by atomic mass is 19.3. The van der Waals surface area contributed by atoms with Crippen LogP contribution in [0.15, 0.2) is 12.1 Å². The average Bonchev–Trinajstić information content (AvgIpc) is 2.80. The summed E-state index contributed by atoms with van der Waals surface area (Å²) in [4.78, 5) is 13.8. The molecule has 1 aliphatic rings. The Kier molecular flexibility index (Phi) is 3.84. The average molecular weight is 267 g/mol. The molecule has 0 bridgehead atoms. The fourth-order valence-electron chi connectivity index (χ4n) is 2.41. The molecule has 1 unspecified atom stereocenters. The number of hydrogen-bond donors (Lipinski definition) is 0. The van der Waals surface area contributed by atoms with Crippen LogP contribution >= 0.6 is 0 Å². The number of rotatable bonds is 2. The summed E-state index contributed by atoms with van der Waals surface area (Å²) in [6, 6.07) is 5.06. The summed E-state index contributed by atoms with van der Waals surface area (Å²) < 4.78 is 26.6. The van der Waals surface area contributed by atoms with Crippen LogP contribution in [0.1, 0.15) is 35.6 Å². The summed E-state index contributed by atoms with van der Waals surface area (Å²) in [7, 11) is 0. The normalized spacial score (nSPS) is 19.5. The maximum absolute atomic E-state index is 12.9. The fraction of sp³-hybridized carbons (Fsp3) is 0.538. The number of likely N-dealkylation sites (tertiary alicyclic amines) is 1. The van der Waals surface area contributed by atoms with E-state index in [1.165, 1.54) is 24.0 Å². The lowest BCUT2D eigenvalue weighted by Gasteiger charge is -2.29. The van der Waals surface area contributed by atoms with Crippen molar-refractivity contribution in [2.24, 2.45) is 5.92 Å². The van der Waals surface area contributed by atoms with Crippen LogP contribution in [-0.2, 0) is 0 Å². The summed E-state index contributed by atoms with van der Waals surface area (Å²) in [5, 5.41) is 8.89. The van der Waals surface area contributed by atoms with Crippen molar-refractivity contribution in [3.05, 3.63) is 23.5 Å². The third-order valence-electron chi connectivity index (χ3n) is 3.43. The fourth-order valence-corrected chi connectivity index (χ4v) is 2.41. The second-order valence-corrected chi connectivity index (χ2v) is 4.73. The van der Waals surface area contributed by atoms with Gasteiger partial charge in [-0.15, -0.1) is 0 Å². The van der Waals surface area contributed by atoms with Crippen molar-refractivity contribution < 1.29 is 13.6 Å². The second kappa shape index (κ2) is 5.39. The van der Waals surface area contributed by atoms with Crippen LogP contribution in [0, 0.1) is 24.2 Å². The number of nitriles is 1. The first-order valence-electron chi connectivity index (χ1n) is 6.19. The molecule has 0 radical (unpaired) electrons. The number of carbonyl (C=O) groups is 1. The minimum Gasteiger partial charge on any atom is -0.336 e. The first-order chi connectivity index (χ1) is 9.04. The minimum atomic E-state index is -2.73. The summed E-state index contributed by atoms with van der Waals surface area (Å²) in [6.45, 7) is -0.352. The van der Waals surface area contributed by atoms with Gasteiger partial charge in [0.05, 0.1) is 12.0 Å². The van der Waals surface area contributed by atoms with Crippen LogP contribution in [0.4, 0.5) is 8.78 Å². The number of aryl methyl sites for hydroxylation is 1. The SMILES string of the molecule is Cc1ccc(C(=O)N2CCCC(C#N)C2)n1C(F)F. The standard InChI is InChI=1S/C13H15F2N3O/c1-9-4-5-11(18(9)13(14)15)12(19)17-6-2-3-10(7-16)8-17/h4-5,10,13H,2-3,6,8H2,1H3. The summed E-state index contributed by atoms with van der Waals surface area (Å²) in [5.74, 6) is -0.623. The van der Waals surface area contributed by atoms with Gasteiger partial charge in [-0.3, -0.25) is 9.36 Å². The van der Waals surface area contributed by atoms with Gasteiger partial charge >= 0.3 is 6.55 Å². The van der Waals surface area contributed by atoms with Crippen LogP contribution in [-0.4, -0.2) is 28.5 Å². The number of alkyl halides is 2. The topological polar surface area (TPSA) is 49.0 Å². The molecule has 1 fully saturated rings. The second-order valence-electron chi connectivity index (χ2n) is 4.73. The van der Waals surface area contributed by atoms with Crippen molar-refractivity contribution in [2.75, 3.05) is 13.1 Å². The predicted molar refractivity (Wildman–Crippen MR) is 64.7 cm³/mol. The molecule has 1 saturated heterocycles.